The second-order valence-corrected chi connectivity index (χ2v) is 4.66. The average Bonchev–Trinajstić information content (AvgIpc) is 2.54. The van der Waals surface area contributed by atoms with Crippen molar-refractivity contribution in [2.75, 3.05) is 6.61 Å². The van der Waals surface area contributed by atoms with E-state index in [0.717, 1.165) is 5.56 Å². The number of hydrogen-bond acceptors (Lipinski definition) is 5. The summed E-state index contributed by atoms with van der Waals surface area (Å²) in [5.74, 6) is -1.01. The molecule has 0 radical (unpaired) electrons. The molecule has 0 aliphatic carbocycles. The highest BCUT2D eigenvalue weighted by Crippen LogP contribution is 2.23. The Morgan fingerprint density at radius 1 is 1.09 bits per heavy atom. The molecule has 1 heterocycles. The number of aromatic nitrogens is 1. The molecular formula is C17H17NO4. The van der Waals surface area contributed by atoms with Crippen LogP contribution in [0.1, 0.15) is 30.3 Å². The quantitative estimate of drug-likeness (QED) is 0.655. The van der Waals surface area contributed by atoms with Gasteiger partial charge in [-0.15, -0.1) is 0 Å². The van der Waals surface area contributed by atoms with Crippen molar-refractivity contribution >= 4 is 11.8 Å². The fourth-order valence-electron chi connectivity index (χ4n) is 1.99. The van der Waals surface area contributed by atoms with Crippen LogP contribution in [0.25, 0.3) is 11.3 Å². The van der Waals surface area contributed by atoms with Gasteiger partial charge in [-0.3, -0.25) is 9.59 Å². The molecule has 0 atom stereocenters. The first-order valence-electron chi connectivity index (χ1n) is 7.06. The summed E-state index contributed by atoms with van der Waals surface area (Å²) in [5.41, 5.74) is 1.42. The summed E-state index contributed by atoms with van der Waals surface area (Å²) in [7, 11) is 0. The van der Waals surface area contributed by atoms with Crippen LogP contribution in [-0.4, -0.2) is 28.4 Å². The van der Waals surface area contributed by atoms with E-state index in [0.29, 0.717) is 5.69 Å². The maximum atomic E-state index is 12.1. The first kappa shape index (κ1) is 15.7. The van der Waals surface area contributed by atoms with Crippen molar-refractivity contribution in [1.82, 2.24) is 4.98 Å². The van der Waals surface area contributed by atoms with Crippen LogP contribution in [0.2, 0.25) is 0 Å². The van der Waals surface area contributed by atoms with Gasteiger partial charge >= 0.3 is 5.97 Å². The van der Waals surface area contributed by atoms with Gasteiger partial charge in [-0.1, -0.05) is 30.3 Å². The molecule has 5 nitrogen and oxygen atoms in total. The van der Waals surface area contributed by atoms with Gasteiger partial charge in [0.1, 0.15) is 11.4 Å². The number of ketones is 1. The summed E-state index contributed by atoms with van der Waals surface area (Å²) in [6, 6.07) is 12.4. The summed E-state index contributed by atoms with van der Waals surface area (Å²) < 4.78 is 4.78. The molecule has 2 rings (SSSR count). The van der Waals surface area contributed by atoms with E-state index in [1.807, 2.05) is 30.3 Å². The highest BCUT2D eigenvalue weighted by Gasteiger charge is 2.16. The number of esters is 1. The van der Waals surface area contributed by atoms with Crippen molar-refractivity contribution in [3.8, 4) is 17.0 Å². The zero-order valence-corrected chi connectivity index (χ0v) is 12.3. The van der Waals surface area contributed by atoms with E-state index in [4.69, 9.17) is 4.74 Å². The molecule has 0 fully saturated rings. The number of rotatable bonds is 6. The van der Waals surface area contributed by atoms with Crippen LogP contribution in [0.3, 0.4) is 0 Å². The van der Waals surface area contributed by atoms with Gasteiger partial charge in [0.25, 0.3) is 0 Å². The minimum Gasteiger partial charge on any atom is -0.506 e. The molecule has 0 saturated carbocycles. The maximum Gasteiger partial charge on any atom is 0.306 e. The van der Waals surface area contributed by atoms with Crippen molar-refractivity contribution in [1.29, 1.82) is 0 Å². The highest BCUT2D eigenvalue weighted by atomic mass is 16.5. The first-order valence-corrected chi connectivity index (χ1v) is 7.06. The Morgan fingerprint density at radius 2 is 1.82 bits per heavy atom. The van der Waals surface area contributed by atoms with E-state index in [2.05, 4.69) is 4.98 Å². The van der Waals surface area contributed by atoms with Gasteiger partial charge in [-0.05, 0) is 19.1 Å². The molecule has 2 aromatic rings. The Morgan fingerprint density at radius 3 is 2.50 bits per heavy atom. The summed E-state index contributed by atoms with van der Waals surface area (Å²) in [6.45, 7) is 1.98. The minimum absolute atomic E-state index is 0.0225. The van der Waals surface area contributed by atoms with Gasteiger partial charge < -0.3 is 9.84 Å². The van der Waals surface area contributed by atoms with Crippen molar-refractivity contribution in [2.45, 2.75) is 19.8 Å². The number of hydrogen-bond donors (Lipinski definition) is 1. The third-order valence-electron chi connectivity index (χ3n) is 3.07. The van der Waals surface area contributed by atoms with Gasteiger partial charge in [-0.25, -0.2) is 4.98 Å². The lowest BCUT2D eigenvalue weighted by atomic mass is 10.1. The van der Waals surface area contributed by atoms with Crippen LogP contribution in [0.5, 0.6) is 5.75 Å². The maximum absolute atomic E-state index is 12.1. The van der Waals surface area contributed by atoms with Crippen molar-refractivity contribution in [3.63, 3.8) is 0 Å². The molecule has 0 unspecified atom stereocenters. The molecule has 0 spiro atoms. The van der Waals surface area contributed by atoms with Gasteiger partial charge in [0, 0.05) is 12.0 Å². The molecule has 0 aliphatic heterocycles. The number of benzene rings is 1. The van der Waals surface area contributed by atoms with Crippen LogP contribution < -0.4 is 0 Å². The fourth-order valence-corrected chi connectivity index (χ4v) is 1.99. The zero-order chi connectivity index (χ0) is 15.9. The summed E-state index contributed by atoms with van der Waals surface area (Å²) in [6.07, 6.45) is -0.0685. The van der Waals surface area contributed by atoms with Crippen molar-refractivity contribution < 1.29 is 19.4 Å². The number of nitrogens with zero attached hydrogens (tertiary/aromatic N) is 1. The number of carbonyl (C=O) groups is 2. The average molecular weight is 299 g/mol. The lowest BCUT2D eigenvalue weighted by Gasteiger charge is -2.06. The van der Waals surface area contributed by atoms with Crippen LogP contribution >= 0.6 is 0 Å². The number of Topliss-reactive ketones (excluding diaryl/α,β-unsaturated/α-hetero) is 1. The first-order chi connectivity index (χ1) is 10.6. The Hall–Kier alpha value is -2.69. The fraction of sp³-hybridized carbons (Fsp3) is 0.235. The van der Waals surface area contributed by atoms with E-state index >= 15 is 0 Å². The minimum atomic E-state index is -0.436. The van der Waals surface area contributed by atoms with Crippen molar-refractivity contribution in [2.24, 2.45) is 0 Å². The van der Waals surface area contributed by atoms with Crippen LogP contribution in [0.15, 0.2) is 42.5 Å². The Bertz CT molecular complexity index is 668. The smallest absolute Gasteiger partial charge is 0.306 e. The third-order valence-corrected chi connectivity index (χ3v) is 3.07. The van der Waals surface area contributed by atoms with Crippen LogP contribution in [-0.2, 0) is 9.53 Å². The largest absolute Gasteiger partial charge is 0.506 e. The highest BCUT2D eigenvalue weighted by molar-refractivity contribution is 5.98. The van der Waals surface area contributed by atoms with Gasteiger partial charge in [0.15, 0.2) is 5.78 Å². The standard InChI is InChI=1S/C17H17NO4/c1-2-22-16(21)11-10-15(20)17-14(19)9-8-13(18-17)12-6-4-3-5-7-12/h3-9,19H,2,10-11H2,1H3. The topological polar surface area (TPSA) is 76.5 Å². The van der Waals surface area contributed by atoms with Gasteiger partial charge in [-0.2, -0.15) is 0 Å². The number of ether oxygens (including phenoxy) is 1. The van der Waals surface area contributed by atoms with E-state index in [9.17, 15) is 14.7 Å². The van der Waals surface area contributed by atoms with E-state index in [1.54, 1.807) is 13.0 Å². The van der Waals surface area contributed by atoms with E-state index in [-0.39, 0.29) is 36.7 Å². The molecule has 5 heteroatoms. The molecule has 0 aliphatic rings. The predicted molar refractivity (Wildman–Crippen MR) is 81.5 cm³/mol. The van der Waals surface area contributed by atoms with Gasteiger partial charge in [0.05, 0.1) is 18.7 Å². The van der Waals surface area contributed by atoms with Crippen molar-refractivity contribution in [3.05, 3.63) is 48.2 Å². The molecular weight excluding hydrogens is 282 g/mol. The monoisotopic (exact) mass is 299 g/mol. The van der Waals surface area contributed by atoms with E-state index in [1.165, 1.54) is 6.07 Å². The second kappa shape index (κ2) is 7.36. The third kappa shape index (κ3) is 3.91. The number of carbonyl (C=O) groups excluding carboxylic acids is 2. The summed E-state index contributed by atoms with van der Waals surface area (Å²) in [4.78, 5) is 27.6. The summed E-state index contributed by atoms with van der Waals surface area (Å²) >= 11 is 0. The molecule has 22 heavy (non-hydrogen) atoms. The normalized spacial score (nSPS) is 10.2. The zero-order valence-electron chi connectivity index (χ0n) is 12.3. The van der Waals surface area contributed by atoms with Crippen LogP contribution in [0.4, 0.5) is 0 Å². The summed E-state index contributed by atoms with van der Waals surface area (Å²) in [5, 5.41) is 9.82. The molecule has 0 saturated heterocycles. The second-order valence-electron chi connectivity index (χ2n) is 4.66. The molecule has 1 aromatic carbocycles. The molecule has 1 aromatic heterocycles. The molecule has 0 amide bonds. The molecule has 1 N–H and O–H groups in total. The van der Waals surface area contributed by atoms with Crippen LogP contribution in [0, 0.1) is 0 Å². The van der Waals surface area contributed by atoms with Gasteiger partial charge in [0.2, 0.25) is 0 Å². The SMILES string of the molecule is CCOC(=O)CCC(=O)c1nc(-c2ccccc2)ccc1O. The Kier molecular flexibility index (Phi) is 5.25. The lowest BCUT2D eigenvalue weighted by molar-refractivity contribution is -0.143. The van der Waals surface area contributed by atoms with E-state index < -0.39 is 5.97 Å². The molecule has 114 valence electrons. The number of aromatic hydroxyl groups is 1. The molecule has 0 bridgehead atoms. The predicted octanol–water partition coefficient (Wildman–Crippen LogP) is 2.98. The number of pyridine rings is 1. The Balaban J connectivity index is 2.16. The Labute approximate surface area is 128 Å². The lowest BCUT2D eigenvalue weighted by Crippen LogP contribution is -2.09.